The zero-order valence-electron chi connectivity index (χ0n) is 19.7. The highest BCUT2D eigenvalue weighted by Crippen LogP contribution is 2.38. The third-order valence-corrected chi connectivity index (χ3v) is 5.97. The summed E-state index contributed by atoms with van der Waals surface area (Å²) in [5, 5.41) is 5.62. The van der Waals surface area contributed by atoms with Gasteiger partial charge in [0.05, 0.1) is 11.6 Å². The number of aryl methyl sites for hydroxylation is 1. The van der Waals surface area contributed by atoms with Gasteiger partial charge in [0, 0.05) is 42.8 Å². The van der Waals surface area contributed by atoms with Gasteiger partial charge in [-0.15, -0.1) is 0 Å². The maximum atomic E-state index is 13.1. The molecule has 0 unspecified atom stereocenters. The van der Waals surface area contributed by atoms with Gasteiger partial charge < -0.3 is 15.5 Å². The Hall–Kier alpha value is -4.28. The number of alkyl halides is 3. The van der Waals surface area contributed by atoms with Crippen molar-refractivity contribution >= 4 is 40.8 Å². The predicted molar refractivity (Wildman–Crippen MR) is 132 cm³/mol. The Morgan fingerprint density at radius 3 is 2.72 bits per heavy atom. The maximum Gasteiger partial charge on any atom is 0.416 e. The van der Waals surface area contributed by atoms with Gasteiger partial charge in [0.1, 0.15) is 17.3 Å². The number of hydrogen-bond donors (Lipinski definition) is 2. The number of nitrogens with one attached hydrogen (secondary N) is 2. The van der Waals surface area contributed by atoms with Crippen molar-refractivity contribution in [2.24, 2.45) is 4.99 Å². The molecule has 2 aliphatic rings. The molecule has 2 aliphatic heterocycles. The summed E-state index contributed by atoms with van der Waals surface area (Å²) in [5.41, 5.74) is 2.61. The van der Waals surface area contributed by atoms with Crippen LogP contribution < -0.4 is 15.5 Å². The van der Waals surface area contributed by atoms with Crippen molar-refractivity contribution in [1.29, 1.82) is 0 Å². The number of fused-ring (bicyclic) bond motifs is 3. The van der Waals surface area contributed by atoms with Crippen molar-refractivity contribution in [3.63, 3.8) is 0 Å². The van der Waals surface area contributed by atoms with Gasteiger partial charge >= 0.3 is 6.18 Å². The van der Waals surface area contributed by atoms with Gasteiger partial charge in [-0.3, -0.25) is 14.8 Å². The highest BCUT2D eigenvalue weighted by Gasteiger charge is 2.34. The van der Waals surface area contributed by atoms with Crippen LogP contribution >= 0.6 is 0 Å². The van der Waals surface area contributed by atoms with Crippen molar-refractivity contribution in [2.75, 3.05) is 29.1 Å². The SMILES string of the molecule is CNc1ncc2c(n1)N1C[C@H](C)N=C1C(c1cc(NC(=O)c3cc(C(F)(F)F)ccn3)ccc1C)=C2. The van der Waals surface area contributed by atoms with Gasteiger partial charge in [-0.2, -0.15) is 18.2 Å². The molecule has 8 nitrogen and oxygen atoms in total. The number of aliphatic imine (C=N–C) groups is 1. The Bertz CT molecular complexity index is 1430. The molecule has 0 radical (unpaired) electrons. The van der Waals surface area contributed by atoms with E-state index < -0.39 is 17.6 Å². The number of carbonyl (C=O) groups is 1. The number of benzene rings is 1. The third kappa shape index (κ3) is 4.28. The lowest BCUT2D eigenvalue weighted by Crippen LogP contribution is -2.33. The fourth-order valence-electron chi connectivity index (χ4n) is 4.23. The second kappa shape index (κ2) is 8.74. The Labute approximate surface area is 205 Å². The Balaban J connectivity index is 1.51. The number of anilines is 3. The second-order valence-electron chi connectivity index (χ2n) is 8.60. The molecule has 1 atom stereocenters. The molecule has 0 spiro atoms. The lowest BCUT2D eigenvalue weighted by Gasteiger charge is -2.28. The number of amides is 1. The van der Waals surface area contributed by atoms with E-state index in [0.717, 1.165) is 52.2 Å². The number of hydrogen-bond acceptors (Lipinski definition) is 7. The first-order valence-electron chi connectivity index (χ1n) is 11.2. The fourth-order valence-corrected chi connectivity index (χ4v) is 4.23. The van der Waals surface area contributed by atoms with Gasteiger partial charge in [0.25, 0.3) is 5.91 Å². The molecule has 0 fully saturated rings. The minimum absolute atomic E-state index is 0.0533. The van der Waals surface area contributed by atoms with E-state index in [-0.39, 0.29) is 11.7 Å². The van der Waals surface area contributed by atoms with Gasteiger partial charge in [0.2, 0.25) is 5.95 Å². The standard InChI is InChI=1S/C25H22F3N7O/c1-13-4-5-17(33-23(36)20-9-16(6-7-30-20)25(26,27)28)10-18(13)19-8-15-11-31-24(29-3)34-21(15)35-12-14(2)32-22(19)35/h4-11,14H,12H2,1-3H3,(H,33,36)(H,29,31,34)/t14-/m0/s1. The second-order valence-corrected chi connectivity index (χ2v) is 8.60. The molecule has 4 heterocycles. The predicted octanol–water partition coefficient (Wildman–Crippen LogP) is 4.65. The smallest absolute Gasteiger partial charge is 0.357 e. The zero-order valence-corrected chi connectivity index (χ0v) is 19.7. The molecule has 1 amide bonds. The normalized spacial score (nSPS) is 16.6. The Morgan fingerprint density at radius 2 is 1.97 bits per heavy atom. The monoisotopic (exact) mass is 493 g/mol. The van der Waals surface area contributed by atoms with E-state index in [1.54, 1.807) is 25.4 Å². The molecule has 36 heavy (non-hydrogen) atoms. The van der Waals surface area contributed by atoms with Crippen LogP contribution in [0.15, 0.2) is 47.7 Å². The van der Waals surface area contributed by atoms with E-state index in [4.69, 9.17) is 4.99 Å². The lowest BCUT2D eigenvalue weighted by atomic mass is 9.94. The number of pyridine rings is 1. The molecule has 3 aromatic rings. The first-order valence-corrected chi connectivity index (χ1v) is 11.2. The van der Waals surface area contributed by atoms with Gasteiger partial charge in [-0.25, -0.2) is 4.98 Å². The molecule has 184 valence electrons. The third-order valence-electron chi connectivity index (χ3n) is 5.97. The average molecular weight is 493 g/mol. The number of amidine groups is 1. The first kappa shape index (κ1) is 23.5. The molecule has 0 bridgehead atoms. The van der Waals surface area contributed by atoms with Gasteiger partial charge in [-0.05, 0) is 55.3 Å². The number of rotatable bonds is 4. The summed E-state index contributed by atoms with van der Waals surface area (Å²) in [7, 11) is 1.76. The summed E-state index contributed by atoms with van der Waals surface area (Å²) < 4.78 is 39.2. The number of carbonyl (C=O) groups excluding carboxylic acids is 1. The molecule has 1 aromatic carbocycles. The number of aromatic nitrogens is 3. The van der Waals surface area contributed by atoms with Crippen LogP contribution in [0.1, 0.15) is 39.7 Å². The van der Waals surface area contributed by atoms with Crippen LogP contribution in [0.4, 0.5) is 30.6 Å². The van der Waals surface area contributed by atoms with Gasteiger partial charge in [-0.1, -0.05) is 6.07 Å². The van der Waals surface area contributed by atoms with E-state index in [0.29, 0.717) is 18.2 Å². The van der Waals surface area contributed by atoms with Crippen molar-refractivity contribution < 1.29 is 18.0 Å². The Kier molecular flexibility index (Phi) is 5.70. The minimum Gasteiger partial charge on any atom is -0.357 e. The van der Waals surface area contributed by atoms with Crippen LogP contribution in [0, 0.1) is 6.92 Å². The van der Waals surface area contributed by atoms with Crippen LogP contribution in [-0.4, -0.2) is 46.3 Å². The molecule has 0 saturated heterocycles. The summed E-state index contributed by atoms with van der Waals surface area (Å²) in [6, 6.07) is 6.93. The van der Waals surface area contributed by atoms with Crippen LogP contribution in [-0.2, 0) is 6.18 Å². The van der Waals surface area contributed by atoms with Crippen LogP contribution in [0.5, 0.6) is 0 Å². The van der Waals surface area contributed by atoms with E-state index in [1.807, 2.05) is 26.0 Å². The molecular formula is C25H22F3N7O. The maximum absolute atomic E-state index is 13.1. The van der Waals surface area contributed by atoms with Crippen LogP contribution in [0.3, 0.4) is 0 Å². The van der Waals surface area contributed by atoms with Crippen molar-refractivity contribution in [3.05, 3.63) is 70.7 Å². The van der Waals surface area contributed by atoms with E-state index in [9.17, 15) is 18.0 Å². The van der Waals surface area contributed by atoms with Crippen LogP contribution in [0.25, 0.3) is 11.6 Å². The topological polar surface area (TPSA) is 95.4 Å². The van der Waals surface area contributed by atoms with E-state index >= 15 is 0 Å². The summed E-state index contributed by atoms with van der Waals surface area (Å²) in [6.45, 7) is 4.63. The Morgan fingerprint density at radius 1 is 1.17 bits per heavy atom. The molecule has 11 heteroatoms. The molecule has 5 rings (SSSR count). The summed E-state index contributed by atoms with van der Waals surface area (Å²) >= 11 is 0. The number of halogens is 3. The average Bonchev–Trinajstić information content (AvgIpc) is 3.25. The fraction of sp³-hybridized carbons (Fsp3) is 0.240. The zero-order chi connectivity index (χ0) is 25.6. The highest BCUT2D eigenvalue weighted by atomic mass is 19.4. The first-order chi connectivity index (χ1) is 17.1. The summed E-state index contributed by atoms with van der Waals surface area (Å²) in [4.78, 5) is 32.3. The van der Waals surface area contributed by atoms with Crippen molar-refractivity contribution in [3.8, 4) is 0 Å². The van der Waals surface area contributed by atoms with Crippen LogP contribution in [0.2, 0.25) is 0 Å². The molecule has 0 aliphatic carbocycles. The lowest BCUT2D eigenvalue weighted by molar-refractivity contribution is -0.137. The van der Waals surface area contributed by atoms with Crippen molar-refractivity contribution in [2.45, 2.75) is 26.1 Å². The minimum atomic E-state index is -4.57. The van der Waals surface area contributed by atoms with E-state index in [1.165, 1.54) is 0 Å². The van der Waals surface area contributed by atoms with Crippen molar-refractivity contribution in [1.82, 2.24) is 15.0 Å². The molecule has 0 saturated carbocycles. The largest absolute Gasteiger partial charge is 0.416 e. The number of nitrogens with zero attached hydrogens (tertiary/aromatic N) is 5. The molecule has 2 aromatic heterocycles. The molecular weight excluding hydrogens is 471 g/mol. The highest BCUT2D eigenvalue weighted by molar-refractivity contribution is 6.36. The summed E-state index contributed by atoms with van der Waals surface area (Å²) in [6.07, 6.45) is 0.109. The van der Waals surface area contributed by atoms with Gasteiger partial charge in [0.15, 0.2) is 0 Å². The summed E-state index contributed by atoms with van der Waals surface area (Å²) in [5.74, 6) is 1.30. The quantitative estimate of drug-likeness (QED) is 0.549. The molecule has 2 N–H and O–H groups in total. The van der Waals surface area contributed by atoms with E-state index in [2.05, 4.69) is 30.5 Å².